The molecule has 1 saturated heterocycles. The molecule has 54 valence electrons. The van der Waals surface area contributed by atoms with Crippen molar-refractivity contribution in [1.29, 1.82) is 0 Å². The normalized spacial score (nSPS) is 38.3. The van der Waals surface area contributed by atoms with Crippen molar-refractivity contribution in [2.24, 2.45) is 5.92 Å². The quantitative estimate of drug-likeness (QED) is 0.512. The van der Waals surface area contributed by atoms with E-state index in [-0.39, 0.29) is 19.8 Å². The molecule has 2 fully saturated rings. The SMILES string of the molecule is CC1CCI1CC1CC1. The van der Waals surface area contributed by atoms with Crippen LogP contribution in [0, 0.1) is 5.92 Å². The zero-order valence-corrected chi connectivity index (χ0v) is 8.23. The van der Waals surface area contributed by atoms with E-state index in [0.717, 1.165) is 0 Å². The molecule has 0 bridgehead atoms. The monoisotopic (exact) mass is 238 g/mol. The Morgan fingerprint density at radius 2 is 2.11 bits per heavy atom. The molecule has 1 heteroatoms. The third-order valence-electron chi connectivity index (χ3n) is 2.39. The zero-order chi connectivity index (χ0) is 6.27. The van der Waals surface area contributed by atoms with Gasteiger partial charge < -0.3 is 0 Å². The molecule has 1 aliphatic heterocycles. The molecule has 2 aliphatic rings. The van der Waals surface area contributed by atoms with Crippen molar-refractivity contribution in [3.63, 3.8) is 0 Å². The molecule has 1 heterocycles. The summed E-state index contributed by atoms with van der Waals surface area (Å²) in [5.74, 6) is 1.23. The summed E-state index contributed by atoms with van der Waals surface area (Å²) >= 11 is -0.247. The third kappa shape index (κ3) is 1.41. The first kappa shape index (κ1) is 6.44. The number of hydrogen-bond acceptors (Lipinski definition) is 0. The first-order chi connectivity index (χ1) is 4.36. The van der Waals surface area contributed by atoms with Gasteiger partial charge in [0.05, 0.1) is 0 Å². The summed E-state index contributed by atoms with van der Waals surface area (Å²) in [7, 11) is 0. The van der Waals surface area contributed by atoms with Crippen molar-refractivity contribution in [3.8, 4) is 0 Å². The molecule has 0 spiro atoms. The van der Waals surface area contributed by atoms with Crippen LogP contribution in [0.15, 0.2) is 0 Å². The van der Waals surface area contributed by atoms with Crippen molar-refractivity contribution >= 4 is 19.8 Å². The van der Waals surface area contributed by atoms with Crippen LogP contribution < -0.4 is 0 Å². The van der Waals surface area contributed by atoms with E-state index in [2.05, 4.69) is 6.92 Å². The summed E-state index contributed by atoms with van der Waals surface area (Å²) in [6.07, 6.45) is 4.75. The van der Waals surface area contributed by atoms with E-state index in [1.54, 1.807) is 28.1 Å². The predicted molar refractivity (Wildman–Crippen MR) is 50.6 cm³/mol. The molecule has 0 nitrogen and oxygen atoms in total. The van der Waals surface area contributed by atoms with Crippen molar-refractivity contribution in [1.82, 2.24) is 0 Å². The fourth-order valence-electron chi connectivity index (χ4n) is 1.26. The van der Waals surface area contributed by atoms with Crippen LogP contribution in [-0.4, -0.2) is 12.8 Å². The van der Waals surface area contributed by atoms with Crippen LogP contribution in [0.1, 0.15) is 26.2 Å². The van der Waals surface area contributed by atoms with Gasteiger partial charge in [-0.3, -0.25) is 0 Å². The summed E-state index contributed by atoms with van der Waals surface area (Å²) in [4.78, 5) is 0. The van der Waals surface area contributed by atoms with Crippen LogP contribution in [0.4, 0.5) is 0 Å². The summed E-state index contributed by atoms with van der Waals surface area (Å²) in [5.41, 5.74) is 0. The average Bonchev–Trinajstić information content (AvgIpc) is 2.62. The van der Waals surface area contributed by atoms with Crippen LogP contribution in [0.3, 0.4) is 0 Å². The van der Waals surface area contributed by atoms with E-state index in [0.29, 0.717) is 0 Å². The molecule has 1 saturated carbocycles. The summed E-state index contributed by atoms with van der Waals surface area (Å²) in [6.45, 7) is 2.48. The van der Waals surface area contributed by atoms with Crippen LogP contribution in [0.25, 0.3) is 0 Å². The molecule has 0 aromatic rings. The number of rotatable bonds is 2. The van der Waals surface area contributed by atoms with Gasteiger partial charge in [-0.15, -0.1) is 0 Å². The second-order valence-electron chi connectivity index (χ2n) is 3.35. The predicted octanol–water partition coefficient (Wildman–Crippen LogP) is 2.70. The first-order valence-corrected chi connectivity index (χ1v) is 8.26. The Morgan fingerprint density at radius 3 is 2.44 bits per heavy atom. The molecule has 1 atom stereocenters. The third-order valence-corrected chi connectivity index (χ3v) is 10.4. The van der Waals surface area contributed by atoms with Gasteiger partial charge in [0.25, 0.3) is 0 Å². The van der Waals surface area contributed by atoms with Crippen molar-refractivity contribution in [3.05, 3.63) is 0 Å². The molecule has 0 N–H and O–H groups in total. The van der Waals surface area contributed by atoms with Gasteiger partial charge >= 0.3 is 64.7 Å². The average molecular weight is 238 g/mol. The molecule has 2 rings (SSSR count). The van der Waals surface area contributed by atoms with E-state index < -0.39 is 0 Å². The van der Waals surface area contributed by atoms with E-state index >= 15 is 0 Å². The molecule has 0 aromatic heterocycles. The Kier molecular flexibility index (Phi) is 1.72. The Labute approximate surface area is 64.8 Å². The molecule has 0 radical (unpaired) electrons. The maximum absolute atomic E-state index is 2.48. The zero-order valence-electron chi connectivity index (χ0n) is 6.07. The van der Waals surface area contributed by atoms with Crippen molar-refractivity contribution in [2.75, 3.05) is 8.86 Å². The van der Waals surface area contributed by atoms with Crippen LogP contribution >= 0.6 is 19.8 Å². The van der Waals surface area contributed by atoms with Crippen molar-refractivity contribution < 1.29 is 0 Å². The topological polar surface area (TPSA) is 0 Å². The minimum absolute atomic E-state index is 0.247. The van der Waals surface area contributed by atoms with Crippen LogP contribution in [-0.2, 0) is 0 Å². The minimum atomic E-state index is -0.247. The van der Waals surface area contributed by atoms with E-state index in [9.17, 15) is 0 Å². The molecular weight excluding hydrogens is 223 g/mol. The van der Waals surface area contributed by atoms with Gasteiger partial charge in [-0.05, 0) is 0 Å². The first-order valence-electron chi connectivity index (χ1n) is 3.96. The second kappa shape index (κ2) is 2.40. The maximum atomic E-state index is 2.48. The Hall–Kier alpha value is 0.730. The molecule has 0 amide bonds. The van der Waals surface area contributed by atoms with Gasteiger partial charge in [-0.1, -0.05) is 0 Å². The Morgan fingerprint density at radius 1 is 1.33 bits per heavy atom. The molecule has 1 unspecified atom stereocenters. The summed E-state index contributed by atoms with van der Waals surface area (Å²) < 4.78 is 4.65. The van der Waals surface area contributed by atoms with Crippen LogP contribution in [0.5, 0.6) is 0 Å². The number of hydrogen-bond donors (Lipinski definition) is 0. The number of halogens is 1. The summed E-state index contributed by atoms with van der Waals surface area (Å²) in [6, 6.07) is 0. The van der Waals surface area contributed by atoms with E-state index in [1.807, 2.05) is 0 Å². The fourth-order valence-corrected chi connectivity index (χ4v) is 7.80. The van der Waals surface area contributed by atoms with E-state index in [1.165, 1.54) is 9.84 Å². The van der Waals surface area contributed by atoms with Gasteiger partial charge in [0.2, 0.25) is 0 Å². The summed E-state index contributed by atoms with van der Waals surface area (Å²) in [5, 5.41) is 0. The molecular formula is C8H15I. The standard InChI is InChI=1S/C8H15I/c1-7-4-5-9(7)6-8-2-3-8/h7-8H,2-6H2,1H3. The van der Waals surface area contributed by atoms with Gasteiger partial charge in [0, 0.05) is 0 Å². The van der Waals surface area contributed by atoms with Crippen LogP contribution in [0.2, 0.25) is 0 Å². The molecule has 0 aromatic carbocycles. The Balaban J connectivity index is 1.72. The van der Waals surface area contributed by atoms with Gasteiger partial charge in [-0.25, -0.2) is 0 Å². The van der Waals surface area contributed by atoms with Gasteiger partial charge in [-0.2, -0.15) is 0 Å². The number of alkyl halides is 3. The van der Waals surface area contributed by atoms with Gasteiger partial charge in [0.15, 0.2) is 0 Å². The van der Waals surface area contributed by atoms with Crippen molar-refractivity contribution in [2.45, 2.75) is 30.1 Å². The molecule has 1 aliphatic carbocycles. The van der Waals surface area contributed by atoms with Gasteiger partial charge in [0.1, 0.15) is 0 Å². The fraction of sp³-hybridized carbons (Fsp3) is 1.00. The second-order valence-corrected chi connectivity index (χ2v) is 10.3. The Bertz CT molecular complexity index is 107. The molecule has 9 heavy (non-hydrogen) atoms. The van der Waals surface area contributed by atoms with E-state index in [4.69, 9.17) is 0 Å².